The van der Waals surface area contributed by atoms with Crippen molar-refractivity contribution in [1.29, 1.82) is 0 Å². The Balaban J connectivity index is 2.17. The number of hydrogen-bond acceptors (Lipinski definition) is 6. The normalized spacial score (nSPS) is 10.7. The zero-order valence-corrected chi connectivity index (χ0v) is 12.1. The largest absolute Gasteiger partial charge is 0.360 e. The summed E-state index contributed by atoms with van der Waals surface area (Å²) < 4.78 is 1.61. The molecule has 0 amide bonds. The summed E-state index contributed by atoms with van der Waals surface area (Å²) in [6, 6.07) is 1.89. The second kappa shape index (κ2) is 5.92. The monoisotopic (exact) mass is 279 g/mol. The molecule has 0 fully saturated rings. The third-order valence-electron chi connectivity index (χ3n) is 2.63. The summed E-state index contributed by atoms with van der Waals surface area (Å²) in [4.78, 5) is 15.8. The van der Waals surface area contributed by atoms with Crippen molar-refractivity contribution < 1.29 is 0 Å². The van der Waals surface area contributed by atoms with Crippen LogP contribution in [-0.4, -0.2) is 26.3 Å². The average Bonchev–Trinajstić information content (AvgIpc) is 2.79. The van der Waals surface area contributed by atoms with Gasteiger partial charge in [0.2, 0.25) is 5.13 Å². The van der Waals surface area contributed by atoms with E-state index in [-0.39, 0.29) is 5.69 Å². The third kappa shape index (κ3) is 3.37. The van der Waals surface area contributed by atoms with Gasteiger partial charge in [-0.3, -0.25) is 4.57 Å². The molecule has 0 radical (unpaired) electrons. The van der Waals surface area contributed by atoms with Crippen molar-refractivity contribution in [3.63, 3.8) is 0 Å². The molecule has 0 bridgehead atoms. The predicted molar refractivity (Wildman–Crippen MR) is 75.8 cm³/mol. The summed E-state index contributed by atoms with van der Waals surface area (Å²) in [5, 5.41) is 12.9. The van der Waals surface area contributed by atoms with Gasteiger partial charge in [0.1, 0.15) is 5.01 Å². The van der Waals surface area contributed by atoms with Crippen LogP contribution < -0.4 is 11.0 Å². The van der Waals surface area contributed by atoms with Gasteiger partial charge in [-0.1, -0.05) is 18.3 Å². The molecule has 2 aromatic rings. The molecule has 7 heteroatoms. The predicted octanol–water partition coefficient (Wildman–Crippen LogP) is 1.58. The molecule has 0 aliphatic heterocycles. The van der Waals surface area contributed by atoms with Crippen LogP contribution in [0.5, 0.6) is 0 Å². The molecule has 0 saturated carbocycles. The van der Waals surface area contributed by atoms with Crippen molar-refractivity contribution in [2.24, 2.45) is 0 Å². The Morgan fingerprint density at radius 2 is 2.16 bits per heavy atom. The van der Waals surface area contributed by atoms with Crippen LogP contribution in [0.4, 0.5) is 5.13 Å². The van der Waals surface area contributed by atoms with E-state index in [4.69, 9.17) is 0 Å². The molecule has 19 heavy (non-hydrogen) atoms. The molecule has 1 N–H and O–H groups in total. The Kier molecular flexibility index (Phi) is 4.26. The first kappa shape index (κ1) is 13.7. The molecular weight excluding hydrogens is 262 g/mol. The van der Waals surface area contributed by atoms with Crippen LogP contribution in [0.25, 0.3) is 0 Å². The fourth-order valence-corrected chi connectivity index (χ4v) is 2.48. The van der Waals surface area contributed by atoms with Crippen molar-refractivity contribution in [3.8, 4) is 0 Å². The van der Waals surface area contributed by atoms with Crippen molar-refractivity contribution in [1.82, 2.24) is 19.7 Å². The topological polar surface area (TPSA) is 72.7 Å². The molecule has 0 aliphatic rings. The minimum atomic E-state index is -0.240. The summed E-state index contributed by atoms with van der Waals surface area (Å²) in [6.07, 6.45) is 1.04. The second-order valence-corrected chi connectivity index (χ2v) is 5.40. The highest BCUT2D eigenvalue weighted by molar-refractivity contribution is 7.15. The van der Waals surface area contributed by atoms with Crippen LogP contribution >= 0.6 is 11.3 Å². The van der Waals surface area contributed by atoms with E-state index in [1.807, 2.05) is 19.9 Å². The van der Waals surface area contributed by atoms with Gasteiger partial charge in [0.25, 0.3) is 0 Å². The first-order chi connectivity index (χ1) is 9.10. The Bertz CT molecular complexity index is 619. The Labute approximate surface area is 115 Å². The van der Waals surface area contributed by atoms with Gasteiger partial charge in [-0.2, -0.15) is 4.98 Å². The molecular formula is C12H17N5OS. The van der Waals surface area contributed by atoms with Crippen molar-refractivity contribution in [2.45, 2.75) is 33.7 Å². The van der Waals surface area contributed by atoms with Crippen LogP contribution in [0.15, 0.2) is 10.9 Å². The molecule has 0 saturated heterocycles. The second-order valence-electron chi connectivity index (χ2n) is 4.34. The summed E-state index contributed by atoms with van der Waals surface area (Å²) >= 11 is 1.47. The van der Waals surface area contributed by atoms with Gasteiger partial charge in [-0.25, -0.2) is 4.79 Å². The van der Waals surface area contributed by atoms with Gasteiger partial charge in [0, 0.05) is 17.9 Å². The third-order valence-corrected chi connectivity index (χ3v) is 3.50. The van der Waals surface area contributed by atoms with Gasteiger partial charge in [-0.15, -0.1) is 10.2 Å². The lowest BCUT2D eigenvalue weighted by Crippen LogP contribution is -2.26. The van der Waals surface area contributed by atoms with Gasteiger partial charge in [0.05, 0.1) is 6.54 Å². The summed E-state index contributed by atoms with van der Waals surface area (Å²) in [5.74, 6) is 0. The van der Waals surface area contributed by atoms with E-state index in [2.05, 4.69) is 27.4 Å². The molecule has 2 aromatic heterocycles. The Morgan fingerprint density at radius 1 is 1.37 bits per heavy atom. The molecule has 0 unspecified atom stereocenters. The van der Waals surface area contributed by atoms with E-state index in [9.17, 15) is 4.79 Å². The van der Waals surface area contributed by atoms with E-state index in [0.29, 0.717) is 6.54 Å². The lowest BCUT2D eigenvalue weighted by atomic mass is 10.3. The fraction of sp³-hybridized carbons (Fsp3) is 0.500. The number of hydrogen-bond donors (Lipinski definition) is 1. The van der Waals surface area contributed by atoms with Gasteiger partial charge in [-0.05, 0) is 26.3 Å². The van der Waals surface area contributed by atoms with Crippen molar-refractivity contribution in [2.75, 3.05) is 11.9 Å². The van der Waals surface area contributed by atoms with Gasteiger partial charge >= 0.3 is 5.69 Å². The quantitative estimate of drug-likeness (QED) is 0.899. The highest BCUT2D eigenvalue weighted by Crippen LogP contribution is 2.16. The van der Waals surface area contributed by atoms with E-state index in [1.54, 1.807) is 4.57 Å². The van der Waals surface area contributed by atoms with Crippen LogP contribution in [0, 0.1) is 13.8 Å². The van der Waals surface area contributed by atoms with Gasteiger partial charge in [0.15, 0.2) is 0 Å². The van der Waals surface area contributed by atoms with Crippen LogP contribution in [0.2, 0.25) is 0 Å². The molecule has 0 spiro atoms. The zero-order chi connectivity index (χ0) is 13.8. The van der Waals surface area contributed by atoms with Crippen molar-refractivity contribution >= 4 is 16.5 Å². The maximum atomic E-state index is 11.8. The summed E-state index contributed by atoms with van der Waals surface area (Å²) in [5.41, 5.74) is 1.38. The fourth-order valence-electron chi connectivity index (χ4n) is 1.72. The molecule has 2 heterocycles. The van der Waals surface area contributed by atoms with Crippen LogP contribution in [-0.2, 0) is 6.54 Å². The molecule has 0 aromatic carbocycles. The summed E-state index contributed by atoms with van der Waals surface area (Å²) in [6.45, 7) is 7.10. The minimum absolute atomic E-state index is 0.240. The molecule has 102 valence electrons. The number of aromatic nitrogens is 4. The molecule has 0 atom stereocenters. The van der Waals surface area contributed by atoms with Crippen LogP contribution in [0.1, 0.15) is 29.7 Å². The Morgan fingerprint density at radius 3 is 2.84 bits per heavy atom. The van der Waals surface area contributed by atoms with Gasteiger partial charge < -0.3 is 5.32 Å². The smallest absolute Gasteiger partial charge is 0.348 e. The number of rotatable bonds is 5. The highest BCUT2D eigenvalue weighted by Gasteiger charge is 2.08. The zero-order valence-electron chi connectivity index (χ0n) is 11.3. The summed E-state index contributed by atoms with van der Waals surface area (Å²) in [7, 11) is 0. The number of anilines is 1. The minimum Gasteiger partial charge on any atom is -0.360 e. The maximum Gasteiger partial charge on any atom is 0.348 e. The lowest BCUT2D eigenvalue weighted by Gasteiger charge is -2.06. The molecule has 2 rings (SSSR count). The van der Waals surface area contributed by atoms with Crippen LogP contribution in [0.3, 0.4) is 0 Å². The van der Waals surface area contributed by atoms with E-state index >= 15 is 0 Å². The maximum absolute atomic E-state index is 11.8. The number of nitrogens with zero attached hydrogens (tertiary/aromatic N) is 4. The lowest BCUT2D eigenvalue weighted by molar-refractivity contribution is 0.685. The highest BCUT2D eigenvalue weighted by atomic mass is 32.1. The molecule has 0 aliphatic carbocycles. The molecule has 6 nitrogen and oxygen atoms in total. The van der Waals surface area contributed by atoms with E-state index in [0.717, 1.165) is 34.5 Å². The van der Waals surface area contributed by atoms with E-state index in [1.165, 1.54) is 11.3 Å². The van der Waals surface area contributed by atoms with Crippen molar-refractivity contribution in [3.05, 3.63) is 32.9 Å². The standard InChI is InChI=1S/C12H17N5OS/c1-4-5-13-11-16-15-10(19-11)7-17-9(3)6-8(2)14-12(17)18/h6H,4-5,7H2,1-3H3,(H,13,16). The average molecular weight is 279 g/mol. The SMILES string of the molecule is CCCNc1nnc(Cn2c(C)cc(C)nc2=O)s1. The number of nitrogens with one attached hydrogen (secondary N) is 1. The number of aryl methyl sites for hydroxylation is 2. The first-order valence-electron chi connectivity index (χ1n) is 6.21. The van der Waals surface area contributed by atoms with E-state index < -0.39 is 0 Å². The Hall–Kier alpha value is -1.76. The first-order valence-corrected chi connectivity index (χ1v) is 7.03.